The quantitative estimate of drug-likeness (QED) is 0.430. The minimum Gasteiger partial charge on any atom is -0.480 e. The Balaban J connectivity index is 1.65. The third kappa shape index (κ3) is 3.20. The lowest BCUT2D eigenvalue weighted by atomic mass is 9.72. The topological polar surface area (TPSA) is 84.6 Å². The van der Waals surface area contributed by atoms with Gasteiger partial charge in [-0.25, -0.2) is 9.78 Å². The zero-order chi connectivity index (χ0) is 21.4. The van der Waals surface area contributed by atoms with Crippen molar-refractivity contribution in [1.82, 2.24) is 10.3 Å². The van der Waals surface area contributed by atoms with Crippen LogP contribution in [-0.2, 0) is 5.54 Å². The summed E-state index contributed by atoms with van der Waals surface area (Å²) < 4.78 is 11.8. The number of pyridine rings is 1. The summed E-state index contributed by atoms with van der Waals surface area (Å²) >= 11 is 0. The minimum atomic E-state index is -0.994. The van der Waals surface area contributed by atoms with Crippen molar-refractivity contribution in [3.63, 3.8) is 0 Å². The van der Waals surface area contributed by atoms with Crippen molar-refractivity contribution in [3.05, 3.63) is 72.4 Å². The lowest BCUT2D eigenvalue weighted by molar-refractivity contribution is 0.144. The molecule has 2 aromatic heterocycles. The monoisotopic (exact) mass is 414 g/mol. The van der Waals surface area contributed by atoms with Crippen LogP contribution in [0.15, 0.2) is 71.3 Å². The normalized spacial score (nSPS) is 14.7. The number of aromatic nitrogens is 1. The average Bonchev–Trinajstić information content (AvgIpc) is 3.16. The number of benzene rings is 2. The van der Waals surface area contributed by atoms with Crippen LogP contribution in [0.5, 0.6) is 5.88 Å². The zero-order valence-electron chi connectivity index (χ0n) is 17.1. The Morgan fingerprint density at radius 1 is 1.06 bits per heavy atom. The van der Waals surface area contributed by atoms with Gasteiger partial charge in [0.05, 0.1) is 18.0 Å². The Labute approximate surface area is 179 Å². The van der Waals surface area contributed by atoms with Crippen LogP contribution in [0, 0.1) is 0 Å². The van der Waals surface area contributed by atoms with E-state index in [1.54, 1.807) is 13.3 Å². The van der Waals surface area contributed by atoms with Crippen LogP contribution in [0.4, 0.5) is 4.79 Å². The number of rotatable bonds is 5. The van der Waals surface area contributed by atoms with E-state index in [1.165, 1.54) is 0 Å². The van der Waals surface area contributed by atoms with E-state index in [1.807, 2.05) is 60.7 Å². The van der Waals surface area contributed by atoms with E-state index in [-0.39, 0.29) is 0 Å². The van der Waals surface area contributed by atoms with Gasteiger partial charge in [0.2, 0.25) is 5.88 Å². The van der Waals surface area contributed by atoms with Crippen LogP contribution < -0.4 is 10.1 Å². The van der Waals surface area contributed by atoms with Crippen molar-refractivity contribution >= 4 is 17.1 Å². The summed E-state index contributed by atoms with van der Waals surface area (Å²) in [5.74, 6) is 1.25. The van der Waals surface area contributed by atoms with Crippen LogP contribution in [0.3, 0.4) is 0 Å². The second kappa shape index (κ2) is 7.47. The zero-order valence-corrected chi connectivity index (χ0v) is 17.1. The van der Waals surface area contributed by atoms with E-state index in [0.29, 0.717) is 11.5 Å². The predicted octanol–water partition coefficient (Wildman–Crippen LogP) is 5.82. The molecule has 4 aromatic rings. The molecule has 0 saturated heterocycles. The van der Waals surface area contributed by atoms with Crippen LogP contribution in [0.1, 0.15) is 24.8 Å². The summed E-state index contributed by atoms with van der Waals surface area (Å²) in [6.07, 6.45) is 3.30. The van der Waals surface area contributed by atoms with Gasteiger partial charge in [0, 0.05) is 23.4 Å². The summed E-state index contributed by atoms with van der Waals surface area (Å²) in [6.45, 7) is 0. The third-order valence-corrected chi connectivity index (χ3v) is 6.08. The molecule has 1 saturated carbocycles. The first kappa shape index (κ1) is 19.2. The Morgan fingerprint density at radius 2 is 1.81 bits per heavy atom. The maximum Gasteiger partial charge on any atom is 0.405 e. The van der Waals surface area contributed by atoms with E-state index in [0.717, 1.165) is 52.7 Å². The maximum atomic E-state index is 11.3. The molecule has 0 radical (unpaired) electrons. The van der Waals surface area contributed by atoms with Crippen molar-refractivity contribution in [2.24, 2.45) is 0 Å². The smallest absolute Gasteiger partial charge is 0.405 e. The summed E-state index contributed by atoms with van der Waals surface area (Å²) in [7, 11) is 1.60. The number of nitrogens with one attached hydrogen (secondary N) is 1. The summed E-state index contributed by atoms with van der Waals surface area (Å²) in [4.78, 5) is 15.7. The minimum absolute atomic E-state index is 0.492. The molecule has 2 heterocycles. The first-order chi connectivity index (χ1) is 15.1. The Kier molecular flexibility index (Phi) is 4.62. The van der Waals surface area contributed by atoms with Crippen LogP contribution in [0.2, 0.25) is 0 Å². The SMILES string of the molecule is COc1nccc2oc(-c3ccc(C4(NC(=O)O)CCC4)cc3)c(-c3ccccc3)c12. The molecule has 156 valence electrons. The highest BCUT2D eigenvalue weighted by molar-refractivity contribution is 6.04. The first-order valence-electron chi connectivity index (χ1n) is 10.2. The summed E-state index contributed by atoms with van der Waals surface area (Å²) in [5, 5.41) is 12.8. The van der Waals surface area contributed by atoms with Gasteiger partial charge in [0.25, 0.3) is 0 Å². The highest BCUT2D eigenvalue weighted by Crippen LogP contribution is 2.45. The number of hydrogen-bond acceptors (Lipinski definition) is 4. The number of furan rings is 1. The highest BCUT2D eigenvalue weighted by atomic mass is 16.5. The van der Waals surface area contributed by atoms with Crippen molar-refractivity contribution in [2.45, 2.75) is 24.8 Å². The molecule has 0 atom stereocenters. The molecule has 0 aliphatic heterocycles. The largest absolute Gasteiger partial charge is 0.480 e. The van der Waals surface area contributed by atoms with Gasteiger partial charge in [-0.05, 0) is 30.4 Å². The molecule has 2 aromatic carbocycles. The number of methoxy groups -OCH3 is 1. The Hall–Kier alpha value is -3.80. The Bertz CT molecular complexity index is 1240. The standard InChI is InChI=1S/C25H22N2O4/c1-30-23-21-19(12-15-26-23)31-22(20(21)16-6-3-2-4-7-16)17-8-10-18(11-9-17)25(13-5-14-25)27-24(28)29/h2-4,6-12,15,27H,5,13-14H2,1H3,(H,28,29). The molecule has 5 rings (SSSR count). The van der Waals surface area contributed by atoms with Gasteiger partial charge in [-0.2, -0.15) is 0 Å². The average molecular weight is 414 g/mol. The van der Waals surface area contributed by atoms with Gasteiger partial charge in [-0.1, -0.05) is 54.6 Å². The number of amides is 1. The van der Waals surface area contributed by atoms with Crippen LogP contribution in [0.25, 0.3) is 33.4 Å². The fraction of sp³-hybridized carbons (Fsp3) is 0.200. The second-order valence-electron chi connectivity index (χ2n) is 7.81. The molecular formula is C25H22N2O4. The van der Waals surface area contributed by atoms with E-state index in [2.05, 4.69) is 10.3 Å². The fourth-order valence-corrected chi connectivity index (χ4v) is 4.42. The Morgan fingerprint density at radius 3 is 2.42 bits per heavy atom. The molecule has 31 heavy (non-hydrogen) atoms. The molecule has 1 fully saturated rings. The molecule has 2 N–H and O–H groups in total. The van der Waals surface area contributed by atoms with Gasteiger partial charge in [-0.3, -0.25) is 0 Å². The van der Waals surface area contributed by atoms with Gasteiger partial charge in [-0.15, -0.1) is 0 Å². The number of carbonyl (C=O) groups is 1. The molecule has 1 amide bonds. The predicted molar refractivity (Wildman–Crippen MR) is 118 cm³/mol. The lowest BCUT2D eigenvalue weighted by Gasteiger charge is -2.42. The van der Waals surface area contributed by atoms with Crippen molar-refractivity contribution in [3.8, 4) is 28.3 Å². The molecule has 1 aliphatic rings. The number of fused-ring (bicyclic) bond motifs is 1. The molecule has 6 nitrogen and oxygen atoms in total. The van der Waals surface area contributed by atoms with Gasteiger partial charge in [0.15, 0.2) is 0 Å². The van der Waals surface area contributed by atoms with Crippen molar-refractivity contribution < 1.29 is 19.1 Å². The molecule has 0 bridgehead atoms. The van der Waals surface area contributed by atoms with E-state index >= 15 is 0 Å². The second-order valence-corrected chi connectivity index (χ2v) is 7.81. The summed E-state index contributed by atoms with van der Waals surface area (Å²) in [6, 6.07) is 19.8. The molecule has 1 aliphatic carbocycles. The molecular weight excluding hydrogens is 392 g/mol. The van der Waals surface area contributed by atoms with Crippen molar-refractivity contribution in [2.75, 3.05) is 7.11 Å². The molecule has 6 heteroatoms. The fourth-order valence-electron chi connectivity index (χ4n) is 4.42. The number of hydrogen-bond donors (Lipinski definition) is 2. The number of nitrogens with zero attached hydrogens (tertiary/aromatic N) is 1. The van der Waals surface area contributed by atoms with Crippen molar-refractivity contribution in [1.29, 1.82) is 0 Å². The molecule has 0 unspecified atom stereocenters. The van der Waals surface area contributed by atoms with E-state index < -0.39 is 11.6 Å². The van der Waals surface area contributed by atoms with Crippen LogP contribution in [-0.4, -0.2) is 23.3 Å². The lowest BCUT2D eigenvalue weighted by Crippen LogP contribution is -2.50. The van der Waals surface area contributed by atoms with E-state index in [4.69, 9.17) is 9.15 Å². The summed E-state index contributed by atoms with van der Waals surface area (Å²) in [5.41, 5.74) is 4.03. The van der Waals surface area contributed by atoms with Crippen LogP contribution >= 0.6 is 0 Å². The number of ether oxygens (including phenoxy) is 1. The van der Waals surface area contributed by atoms with Gasteiger partial charge < -0.3 is 19.6 Å². The number of carboxylic acid groups (broad SMARTS) is 1. The van der Waals surface area contributed by atoms with E-state index in [9.17, 15) is 9.90 Å². The highest BCUT2D eigenvalue weighted by Gasteiger charge is 2.40. The first-order valence-corrected chi connectivity index (χ1v) is 10.2. The molecule has 0 spiro atoms. The third-order valence-electron chi connectivity index (χ3n) is 6.08. The van der Waals surface area contributed by atoms with Gasteiger partial charge >= 0.3 is 6.09 Å². The maximum absolute atomic E-state index is 11.3. The van der Waals surface area contributed by atoms with Gasteiger partial charge in [0.1, 0.15) is 11.3 Å².